The van der Waals surface area contributed by atoms with E-state index in [1.165, 1.54) is 0 Å². The van der Waals surface area contributed by atoms with Crippen LogP contribution in [0.5, 0.6) is 0 Å². The zero-order valence-corrected chi connectivity index (χ0v) is 10.5. The smallest absolute Gasteiger partial charge is 0.292 e. The molecule has 1 aromatic carbocycles. The van der Waals surface area contributed by atoms with Crippen LogP contribution in [0.2, 0.25) is 0 Å². The molecule has 0 aromatic heterocycles. The zero-order chi connectivity index (χ0) is 10.3. The van der Waals surface area contributed by atoms with Crippen LogP contribution in [0.3, 0.4) is 0 Å². The fourth-order valence-electron chi connectivity index (χ4n) is 0.564. The Hall–Kier alpha value is -0.170. The van der Waals surface area contributed by atoms with E-state index in [2.05, 4.69) is 0 Å². The molecule has 0 aliphatic rings. The van der Waals surface area contributed by atoms with Gasteiger partial charge in [0.2, 0.25) is 0 Å². The maximum atomic E-state index is 8.74. The number of rotatable bonds is 1. The molecule has 0 unspecified atom stereocenters. The maximum absolute atomic E-state index is 8.74. The summed E-state index contributed by atoms with van der Waals surface area (Å²) in [6.07, 6.45) is 1.58. The van der Waals surface area contributed by atoms with Gasteiger partial charge in [-0.25, -0.2) is 6.08 Å². The van der Waals surface area contributed by atoms with Gasteiger partial charge < -0.3 is 0 Å². The molecule has 2 N–H and O–H groups in total. The maximum Gasteiger partial charge on any atom is 1.00 e. The summed E-state index contributed by atoms with van der Waals surface area (Å²) in [6, 6.07) is 9.80. The number of hydrogen-bond acceptors (Lipinski definition) is 2. The van der Waals surface area contributed by atoms with Gasteiger partial charge >= 0.3 is 40.0 Å². The van der Waals surface area contributed by atoms with Crippen molar-refractivity contribution in [2.24, 2.45) is 0 Å². The van der Waals surface area contributed by atoms with Crippen LogP contribution in [0.4, 0.5) is 0 Å². The Labute approximate surface area is 106 Å². The van der Waals surface area contributed by atoms with E-state index in [4.69, 9.17) is 24.1 Å². The van der Waals surface area contributed by atoms with Crippen molar-refractivity contribution in [3.8, 4) is 0 Å². The molecule has 14 heavy (non-hydrogen) atoms. The Balaban J connectivity index is 0. The van der Waals surface area contributed by atoms with E-state index >= 15 is 0 Å². The number of benzene rings is 1. The van der Waals surface area contributed by atoms with Gasteiger partial charge in [0.05, 0.1) is 0 Å². The van der Waals surface area contributed by atoms with Crippen LogP contribution < -0.4 is 29.6 Å². The molecule has 0 saturated carbocycles. The molecule has 0 heterocycles. The summed E-state index contributed by atoms with van der Waals surface area (Å²) in [4.78, 5) is 0. The topological polar surface area (TPSA) is 74.6 Å². The summed E-state index contributed by atoms with van der Waals surface area (Å²) in [5.41, 5.74) is 1.06. The van der Waals surface area contributed by atoms with Gasteiger partial charge in [-0.3, -0.25) is 15.7 Å². The molecule has 6 heteroatoms. The molecule has 0 aliphatic carbocycles. The Morgan fingerprint density at radius 3 is 1.71 bits per heavy atom. The van der Waals surface area contributed by atoms with Crippen molar-refractivity contribution in [3.63, 3.8) is 0 Å². The molecule has 0 saturated heterocycles. The van der Waals surface area contributed by atoms with E-state index in [0.717, 1.165) is 5.56 Å². The van der Waals surface area contributed by atoms with Crippen LogP contribution >= 0.6 is 0 Å². The summed E-state index contributed by atoms with van der Waals surface area (Å²) < 4.78 is 31.6. The van der Waals surface area contributed by atoms with Gasteiger partial charge in [-0.2, -0.15) is 14.0 Å². The van der Waals surface area contributed by atoms with Crippen molar-refractivity contribution in [2.75, 3.05) is 0 Å². The minimum absolute atomic E-state index is 0. The van der Waals surface area contributed by atoms with Crippen molar-refractivity contribution >= 4 is 16.5 Å². The predicted molar refractivity (Wildman–Crippen MR) is 49.4 cm³/mol. The predicted octanol–water partition coefficient (Wildman–Crippen LogP) is -1.52. The van der Waals surface area contributed by atoms with E-state index in [0.29, 0.717) is 0 Å². The van der Waals surface area contributed by atoms with E-state index in [1.807, 2.05) is 30.3 Å². The second-order valence-electron chi connectivity index (χ2n) is 2.03. The Bertz CT molecular complexity index is 339. The molecule has 0 fully saturated rings. The summed E-state index contributed by atoms with van der Waals surface area (Å²) in [7, 11) is -4.67. The Kier molecular flexibility index (Phi) is 9.49. The first-order valence-corrected chi connectivity index (χ1v) is 4.63. The van der Waals surface area contributed by atoms with Crippen molar-refractivity contribution < 1.29 is 47.1 Å². The van der Waals surface area contributed by atoms with Gasteiger partial charge in [-0.15, -0.1) is 12.1 Å². The Morgan fingerprint density at radius 2 is 1.50 bits per heavy atom. The fraction of sp³-hybridized carbons (Fsp3) is 0. The fourth-order valence-corrected chi connectivity index (χ4v) is 0.564. The monoisotopic (exact) mass is 224 g/mol. The van der Waals surface area contributed by atoms with E-state index in [9.17, 15) is 0 Å². The summed E-state index contributed by atoms with van der Waals surface area (Å²) in [6.45, 7) is 5.22. The first-order chi connectivity index (χ1) is 5.93. The normalized spacial score (nSPS) is 9.00. The third-order valence-corrected chi connectivity index (χ3v) is 0.992. The summed E-state index contributed by atoms with van der Waals surface area (Å²) in [5.74, 6) is 0. The molecule has 1 aromatic rings. The van der Waals surface area contributed by atoms with Crippen LogP contribution in [-0.4, -0.2) is 17.5 Å². The molecule has 0 amide bonds. The zero-order valence-electron chi connectivity index (χ0n) is 7.66. The largest absolute Gasteiger partial charge is 1.00 e. The molecular weight excluding hydrogens is 215 g/mol. The molecule has 0 bridgehead atoms. The second kappa shape index (κ2) is 8.16. The minimum atomic E-state index is -4.67. The Morgan fingerprint density at radius 1 is 1.14 bits per heavy atom. The van der Waals surface area contributed by atoms with Gasteiger partial charge in [0.15, 0.2) is 0 Å². The molecule has 0 atom stereocenters. The molecule has 0 spiro atoms. The van der Waals surface area contributed by atoms with Crippen molar-refractivity contribution in [3.05, 3.63) is 42.5 Å². The molecule has 4 nitrogen and oxygen atoms in total. The number of hydrogen-bond donors (Lipinski definition) is 2. The molecule has 72 valence electrons. The van der Waals surface area contributed by atoms with Gasteiger partial charge in [-0.05, 0) is 0 Å². The van der Waals surface area contributed by atoms with Crippen molar-refractivity contribution in [1.82, 2.24) is 0 Å². The summed E-state index contributed by atoms with van der Waals surface area (Å²) >= 11 is 0. The third kappa shape index (κ3) is 14.4. The van der Waals surface area contributed by atoms with Gasteiger partial charge in [0.1, 0.15) is 0 Å². The molecule has 0 radical (unpaired) electrons. The average molecular weight is 224 g/mol. The first kappa shape index (κ1) is 16.3. The standard InChI is InChI=1S/C8H7.Na.H2O4S/c1-2-8-6-4-3-5-7-8;;1-5(2,3)4/h1-7H;;(H2,1,2,3,4)/q-1;+1;. The van der Waals surface area contributed by atoms with E-state index in [-0.39, 0.29) is 29.6 Å². The van der Waals surface area contributed by atoms with Crippen LogP contribution in [-0.2, 0) is 10.4 Å². The van der Waals surface area contributed by atoms with Crippen LogP contribution in [0, 0.1) is 6.58 Å². The van der Waals surface area contributed by atoms with Crippen LogP contribution in [0.25, 0.3) is 6.08 Å². The van der Waals surface area contributed by atoms with Crippen molar-refractivity contribution in [1.29, 1.82) is 0 Å². The quantitative estimate of drug-likeness (QED) is 0.345. The molecular formula is C8H9NaO4S. The average Bonchev–Trinajstić information content (AvgIpc) is 2.03. The van der Waals surface area contributed by atoms with Crippen LogP contribution in [0.1, 0.15) is 5.56 Å². The first-order valence-electron chi connectivity index (χ1n) is 3.23. The van der Waals surface area contributed by atoms with E-state index in [1.54, 1.807) is 6.08 Å². The van der Waals surface area contributed by atoms with Gasteiger partial charge in [0.25, 0.3) is 0 Å². The van der Waals surface area contributed by atoms with Crippen molar-refractivity contribution in [2.45, 2.75) is 0 Å². The van der Waals surface area contributed by atoms with E-state index < -0.39 is 10.4 Å². The van der Waals surface area contributed by atoms with Crippen LogP contribution in [0.15, 0.2) is 30.3 Å². The minimum Gasteiger partial charge on any atom is -0.292 e. The van der Waals surface area contributed by atoms with Gasteiger partial charge in [0, 0.05) is 0 Å². The molecule has 0 aliphatic heterocycles. The molecule has 1 rings (SSSR count). The SMILES string of the molecule is O=S(=O)(O)O.[CH-]=Cc1ccccc1.[Na+]. The summed E-state index contributed by atoms with van der Waals surface area (Å²) in [5, 5.41) is 0. The van der Waals surface area contributed by atoms with Gasteiger partial charge in [-0.1, -0.05) is 18.2 Å². The third-order valence-electron chi connectivity index (χ3n) is 0.992. The second-order valence-corrected chi connectivity index (χ2v) is 2.92.